The predicted molar refractivity (Wildman–Crippen MR) is 70.6 cm³/mol. The molecule has 1 aliphatic carbocycles. The fraction of sp³-hybridized carbons (Fsp3) is 0.714. The number of hydrogen-bond donors (Lipinski definition) is 1. The maximum atomic E-state index is 12.4. The van der Waals surface area contributed by atoms with Gasteiger partial charge in [-0.15, -0.1) is 0 Å². The maximum Gasteiger partial charge on any atom is 0.254 e. The summed E-state index contributed by atoms with van der Waals surface area (Å²) in [5, 5.41) is 10.2. The molecule has 1 N–H and O–H groups in total. The first kappa shape index (κ1) is 12.7. The third-order valence-electron chi connectivity index (χ3n) is 4.51. The molecule has 1 saturated heterocycles. The van der Waals surface area contributed by atoms with Gasteiger partial charge in [0, 0.05) is 38.4 Å². The molecule has 19 heavy (non-hydrogen) atoms. The van der Waals surface area contributed by atoms with Gasteiger partial charge in [-0.3, -0.25) is 4.79 Å². The number of hydrogen-bond acceptors (Lipinski definition) is 3. The Kier molecular flexibility index (Phi) is 3.09. The zero-order valence-electron chi connectivity index (χ0n) is 11.4. The molecule has 1 aromatic rings. The lowest BCUT2D eigenvalue weighted by atomic mass is 9.78. The molecule has 0 spiro atoms. The SMILES string of the molecule is Cn1ccnc1C1CCCN(C(=O)C2(O)CCC2)C1. The van der Waals surface area contributed by atoms with Crippen molar-refractivity contribution in [2.75, 3.05) is 13.1 Å². The van der Waals surface area contributed by atoms with E-state index >= 15 is 0 Å². The Hall–Kier alpha value is -1.36. The van der Waals surface area contributed by atoms with Gasteiger partial charge in [0.1, 0.15) is 11.4 Å². The number of carbonyl (C=O) groups excluding carboxylic acids is 1. The summed E-state index contributed by atoms with van der Waals surface area (Å²) in [7, 11) is 1.99. The average Bonchev–Trinajstić information content (AvgIpc) is 2.81. The fourth-order valence-electron chi connectivity index (χ4n) is 3.16. The minimum Gasteiger partial charge on any atom is -0.380 e. The summed E-state index contributed by atoms with van der Waals surface area (Å²) in [5.41, 5.74) is -1.07. The van der Waals surface area contributed by atoms with Crippen LogP contribution in [0.1, 0.15) is 43.8 Å². The number of aliphatic hydroxyl groups is 1. The molecule has 1 saturated carbocycles. The molecule has 2 fully saturated rings. The van der Waals surface area contributed by atoms with Crippen molar-refractivity contribution in [3.63, 3.8) is 0 Å². The molecule has 1 aromatic heterocycles. The maximum absolute atomic E-state index is 12.4. The van der Waals surface area contributed by atoms with Crippen LogP contribution in [-0.4, -0.2) is 44.2 Å². The summed E-state index contributed by atoms with van der Waals surface area (Å²) in [6.07, 6.45) is 7.99. The van der Waals surface area contributed by atoms with E-state index in [1.54, 1.807) is 6.20 Å². The quantitative estimate of drug-likeness (QED) is 0.867. The first-order chi connectivity index (χ1) is 9.10. The van der Waals surface area contributed by atoms with Crippen molar-refractivity contribution in [1.82, 2.24) is 14.5 Å². The fourth-order valence-corrected chi connectivity index (χ4v) is 3.16. The van der Waals surface area contributed by atoms with Gasteiger partial charge in [-0.25, -0.2) is 4.98 Å². The molecular weight excluding hydrogens is 242 g/mol. The number of carbonyl (C=O) groups is 1. The van der Waals surface area contributed by atoms with Crippen molar-refractivity contribution in [2.45, 2.75) is 43.6 Å². The molecule has 2 heterocycles. The summed E-state index contributed by atoms with van der Waals surface area (Å²) >= 11 is 0. The molecule has 2 aliphatic rings. The lowest BCUT2D eigenvalue weighted by Crippen LogP contribution is -2.55. The number of imidazole rings is 1. The predicted octanol–water partition coefficient (Wildman–Crippen LogP) is 1.04. The van der Waals surface area contributed by atoms with Gasteiger partial charge in [-0.05, 0) is 32.1 Å². The van der Waals surface area contributed by atoms with Crippen LogP contribution < -0.4 is 0 Å². The summed E-state index contributed by atoms with van der Waals surface area (Å²) in [4.78, 5) is 18.6. The molecule has 3 rings (SSSR count). The Labute approximate surface area is 113 Å². The Morgan fingerprint density at radius 3 is 2.84 bits per heavy atom. The van der Waals surface area contributed by atoms with E-state index in [4.69, 9.17) is 0 Å². The van der Waals surface area contributed by atoms with Gasteiger partial charge in [0.05, 0.1) is 0 Å². The van der Waals surface area contributed by atoms with E-state index in [1.165, 1.54) is 0 Å². The Balaban J connectivity index is 1.71. The molecule has 1 amide bonds. The molecule has 0 radical (unpaired) electrons. The molecule has 0 bridgehead atoms. The van der Waals surface area contributed by atoms with Gasteiger partial charge in [-0.1, -0.05) is 0 Å². The van der Waals surface area contributed by atoms with Crippen LogP contribution >= 0.6 is 0 Å². The second-order valence-electron chi connectivity index (χ2n) is 5.87. The van der Waals surface area contributed by atoms with Crippen LogP contribution in [0, 0.1) is 0 Å². The average molecular weight is 263 g/mol. The molecule has 1 aliphatic heterocycles. The topological polar surface area (TPSA) is 58.4 Å². The largest absolute Gasteiger partial charge is 0.380 e. The Bertz CT molecular complexity index is 479. The minimum absolute atomic E-state index is 0.0716. The molecule has 1 atom stereocenters. The number of nitrogens with zero attached hydrogens (tertiary/aromatic N) is 3. The van der Waals surface area contributed by atoms with Gasteiger partial charge in [-0.2, -0.15) is 0 Å². The highest BCUT2D eigenvalue weighted by atomic mass is 16.3. The normalized spacial score (nSPS) is 26.0. The Morgan fingerprint density at radius 2 is 2.26 bits per heavy atom. The standard InChI is InChI=1S/C14H21N3O2/c1-16-9-7-15-12(16)11-4-2-8-17(10-11)13(18)14(19)5-3-6-14/h7,9,11,19H,2-6,8,10H2,1H3. The van der Waals surface area contributed by atoms with Crippen molar-refractivity contribution in [1.29, 1.82) is 0 Å². The highest BCUT2D eigenvalue weighted by Gasteiger charge is 2.45. The number of aromatic nitrogens is 2. The number of likely N-dealkylation sites (tertiary alicyclic amines) is 1. The van der Waals surface area contributed by atoms with Crippen LogP contribution in [0.15, 0.2) is 12.4 Å². The number of amides is 1. The van der Waals surface area contributed by atoms with E-state index in [2.05, 4.69) is 4.98 Å². The van der Waals surface area contributed by atoms with E-state index < -0.39 is 5.60 Å². The van der Waals surface area contributed by atoms with Crippen molar-refractivity contribution in [3.05, 3.63) is 18.2 Å². The van der Waals surface area contributed by atoms with Gasteiger partial charge in [0.25, 0.3) is 5.91 Å². The second kappa shape index (κ2) is 4.63. The third kappa shape index (κ3) is 2.16. The third-order valence-corrected chi connectivity index (χ3v) is 4.51. The van der Waals surface area contributed by atoms with Crippen LogP contribution in [0.4, 0.5) is 0 Å². The monoisotopic (exact) mass is 263 g/mol. The molecule has 5 nitrogen and oxygen atoms in total. The minimum atomic E-state index is -1.07. The number of aryl methyl sites for hydroxylation is 1. The van der Waals surface area contributed by atoms with Gasteiger partial charge in [0.2, 0.25) is 0 Å². The lowest BCUT2D eigenvalue weighted by molar-refractivity contribution is -0.161. The van der Waals surface area contributed by atoms with Crippen molar-refractivity contribution >= 4 is 5.91 Å². The van der Waals surface area contributed by atoms with E-state index in [0.29, 0.717) is 25.3 Å². The molecule has 5 heteroatoms. The van der Waals surface area contributed by atoms with Crippen molar-refractivity contribution in [2.24, 2.45) is 7.05 Å². The van der Waals surface area contributed by atoms with Crippen LogP contribution in [0.25, 0.3) is 0 Å². The number of piperidine rings is 1. The summed E-state index contributed by atoms with van der Waals surface area (Å²) < 4.78 is 2.02. The van der Waals surface area contributed by atoms with E-state index in [1.807, 2.05) is 22.7 Å². The van der Waals surface area contributed by atoms with Crippen LogP contribution in [0.5, 0.6) is 0 Å². The lowest BCUT2D eigenvalue weighted by Gasteiger charge is -2.42. The molecule has 0 aromatic carbocycles. The van der Waals surface area contributed by atoms with Gasteiger partial charge >= 0.3 is 0 Å². The van der Waals surface area contributed by atoms with Crippen molar-refractivity contribution < 1.29 is 9.90 Å². The van der Waals surface area contributed by atoms with Gasteiger partial charge < -0.3 is 14.6 Å². The van der Waals surface area contributed by atoms with Crippen LogP contribution in [0.3, 0.4) is 0 Å². The van der Waals surface area contributed by atoms with Crippen LogP contribution in [-0.2, 0) is 11.8 Å². The second-order valence-corrected chi connectivity index (χ2v) is 5.87. The summed E-state index contributed by atoms with van der Waals surface area (Å²) in [6, 6.07) is 0. The van der Waals surface area contributed by atoms with E-state index in [-0.39, 0.29) is 5.91 Å². The molecule has 1 unspecified atom stereocenters. The summed E-state index contributed by atoms with van der Waals surface area (Å²) in [5.74, 6) is 1.26. The van der Waals surface area contributed by atoms with E-state index in [0.717, 1.165) is 31.6 Å². The highest BCUT2D eigenvalue weighted by Crippen LogP contribution is 2.35. The molecular formula is C14H21N3O2. The van der Waals surface area contributed by atoms with Crippen molar-refractivity contribution in [3.8, 4) is 0 Å². The van der Waals surface area contributed by atoms with Crippen LogP contribution in [0.2, 0.25) is 0 Å². The zero-order valence-corrected chi connectivity index (χ0v) is 11.4. The molecule has 104 valence electrons. The Morgan fingerprint density at radius 1 is 1.47 bits per heavy atom. The summed E-state index contributed by atoms with van der Waals surface area (Å²) in [6.45, 7) is 1.45. The zero-order chi connectivity index (χ0) is 13.5. The first-order valence-electron chi connectivity index (χ1n) is 7.09. The first-order valence-corrected chi connectivity index (χ1v) is 7.09. The number of rotatable bonds is 2. The smallest absolute Gasteiger partial charge is 0.254 e. The highest BCUT2D eigenvalue weighted by molar-refractivity contribution is 5.86. The van der Waals surface area contributed by atoms with Gasteiger partial charge in [0.15, 0.2) is 0 Å². The van der Waals surface area contributed by atoms with E-state index in [9.17, 15) is 9.90 Å².